The number of halogens is 1. The number of rotatable bonds is 4. The Labute approximate surface area is 127 Å². The molecule has 104 valence electrons. The summed E-state index contributed by atoms with van der Waals surface area (Å²) in [5.74, 6) is 2.34. The fraction of sp³-hybridized carbons (Fsp3) is 0.250. The second kappa shape index (κ2) is 5.85. The van der Waals surface area contributed by atoms with Gasteiger partial charge in [0, 0.05) is 17.6 Å². The third-order valence-corrected chi connectivity index (χ3v) is 3.65. The van der Waals surface area contributed by atoms with E-state index in [1.54, 1.807) is 0 Å². The Balaban J connectivity index is 1.83. The molecule has 0 atom stereocenters. The van der Waals surface area contributed by atoms with Crippen molar-refractivity contribution in [1.29, 1.82) is 0 Å². The lowest BCUT2D eigenvalue weighted by atomic mass is 10.2. The van der Waals surface area contributed by atoms with Gasteiger partial charge in [-0.1, -0.05) is 28.1 Å². The number of hydrogen-bond acceptors (Lipinski definition) is 3. The van der Waals surface area contributed by atoms with Crippen molar-refractivity contribution in [2.45, 2.75) is 13.0 Å². The van der Waals surface area contributed by atoms with Gasteiger partial charge in [-0.3, -0.25) is 0 Å². The van der Waals surface area contributed by atoms with Crippen molar-refractivity contribution in [3.05, 3.63) is 52.5 Å². The van der Waals surface area contributed by atoms with Crippen molar-refractivity contribution in [2.75, 3.05) is 13.1 Å². The van der Waals surface area contributed by atoms with Crippen molar-refractivity contribution < 1.29 is 9.47 Å². The minimum absolute atomic E-state index is 0.226. The molecule has 1 fully saturated rings. The van der Waals surface area contributed by atoms with Crippen LogP contribution in [-0.4, -0.2) is 19.2 Å². The third-order valence-electron chi connectivity index (χ3n) is 3.16. The van der Waals surface area contributed by atoms with Crippen molar-refractivity contribution in [3.63, 3.8) is 0 Å². The molecule has 0 aromatic heterocycles. The first-order valence-electron chi connectivity index (χ1n) is 6.62. The van der Waals surface area contributed by atoms with Gasteiger partial charge in [-0.2, -0.15) is 0 Å². The van der Waals surface area contributed by atoms with E-state index in [4.69, 9.17) is 9.47 Å². The van der Waals surface area contributed by atoms with Crippen molar-refractivity contribution in [2.24, 2.45) is 0 Å². The molecule has 0 bridgehead atoms. The summed E-state index contributed by atoms with van der Waals surface area (Å²) in [6.45, 7) is 3.82. The lowest BCUT2D eigenvalue weighted by molar-refractivity contribution is 0.138. The van der Waals surface area contributed by atoms with E-state index in [-0.39, 0.29) is 6.10 Å². The van der Waals surface area contributed by atoms with Gasteiger partial charge in [0.25, 0.3) is 0 Å². The monoisotopic (exact) mass is 333 g/mol. The van der Waals surface area contributed by atoms with E-state index >= 15 is 0 Å². The van der Waals surface area contributed by atoms with Crippen LogP contribution in [0.15, 0.2) is 46.9 Å². The zero-order valence-corrected chi connectivity index (χ0v) is 12.8. The Morgan fingerprint density at radius 1 is 1.10 bits per heavy atom. The molecule has 0 aliphatic carbocycles. The van der Waals surface area contributed by atoms with Gasteiger partial charge in [0.05, 0.1) is 0 Å². The van der Waals surface area contributed by atoms with E-state index in [1.165, 1.54) is 5.56 Å². The standard InChI is InChI=1S/C16H16BrNO2/c1-11-3-2-4-13(7-11)19-15-6-5-12(17)8-16(15)20-14-9-18-10-14/h2-8,14,18H,9-10H2,1H3. The van der Waals surface area contributed by atoms with Gasteiger partial charge < -0.3 is 14.8 Å². The van der Waals surface area contributed by atoms with Crippen molar-refractivity contribution in [1.82, 2.24) is 5.32 Å². The van der Waals surface area contributed by atoms with Crippen LogP contribution in [0.3, 0.4) is 0 Å². The molecule has 0 amide bonds. The van der Waals surface area contributed by atoms with Crippen molar-refractivity contribution >= 4 is 15.9 Å². The lowest BCUT2D eigenvalue weighted by Crippen LogP contribution is -2.50. The highest BCUT2D eigenvalue weighted by Gasteiger charge is 2.20. The molecule has 2 aromatic carbocycles. The molecule has 3 rings (SSSR count). The van der Waals surface area contributed by atoms with Gasteiger partial charge in [0.1, 0.15) is 11.9 Å². The average molecular weight is 334 g/mol. The maximum Gasteiger partial charge on any atom is 0.169 e. The first-order valence-corrected chi connectivity index (χ1v) is 7.41. The summed E-state index contributed by atoms with van der Waals surface area (Å²) in [7, 11) is 0. The van der Waals surface area contributed by atoms with E-state index in [1.807, 2.05) is 49.4 Å². The number of aryl methyl sites for hydroxylation is 1. The van der Waals surface area contributed by atoms with Crippen molar-refractivity contribution in [3.8, 4) is 17.2 Å². The number of benzene rings is 2. The van der Waals surface area contributed by atoms with E-state index in [0.717, 1.165) is 34.8 Å². The average Bonchev–Trinajstić information content (AvgIpc) is 2.37. The molecule has 4 heteroatoms. The normalized spacial score (nSPS) is 14.7. The van der Waals surface area contributed by atoms with Gasteiger partial charge >= 0.3 is 0 Å². The maximum absolute atomic E-state index is 5.95. The predicted octanol–water partition coefficient (Wildman–Crippen LogP) is 3.90. The Kier molecular flexibility index (Phi) is 3.94. The third kappa shape index (κ3) is 3.14. The minimum Gasteiger partial charge on any atom is -0.484 e. The van der Waals surface area contributed by atoms with Crippen LogP contribution < -0.4 is 14.8 Å². The first kappa shape index (κ1) is 13.5. The minimum atomic E-state index is 0.226. The second-order valence-electron chi connectivity index (χ2n) is 4.91. The topological polar surface area (TPSA) is 30.5 Å². The zero-order chi connectivity index (χ0) is 13.9. The number of hydrogen-bond donors (Lipinski definition) is 1. The van der Waals surface area contributed by atoms with Crippen LogP contribution in [0.1, 0.15) is 5.56 Å². The highest BCUT2D eigenvalue weighted by molar-refractivity contribution is 9.10. The molecule has 2 aromatic rings. The van der Waals surface area contributed by atoms with Crippen LogP contribution in [0.5, 0.6) is 17.2 Å². The second-order valence-corrected chi connectivity index (χ2v) is 5.82. The molecule has 0 spiro atoms. The summed E-state index contributed by atoms with van der Waals surface area (Å²) in [6, 6.07) is 13.8. The molecular weight excluding hydrogens is 318 g/mol. The maximum atomic E-state index is 5.95. The molecule has 1 aliphatic rings. The smallest absolute Gasteiger partial charge is 0.169 e. The van der Waals surface area contributed by atoms with Gasteiger partial charge in [-0.15, -0.1) is 0 Å². The summed E-state index contributed by atoms with van der Waals surface area (Å²) in [5.41, 5.74) is 1.17. The van der Waals surface area contributed by atoms with Crippen LogP contribution in [0, 0.1) is 6.92 Å². The van der Waals surface area contributed by atoms with Gasteiger partial charge in [-0.25, -0.2) is 0 Å². The molecule has 1 N–H and O–H groups in total. The molecule has 1 heterocycles. The van der Waals surface area contributed by atoms with Gasteiger partial charge in [0.15, 0.2) is 11.5 Å². The van der Waals surface area contributed by atoms with E-state index < -0.39 is 0 Å². The fourth-order valence-corrected chi connectivity index (χ4v) is 2.33. The van der Waals surface area contributed by atoms with E-state index in [0.29, 0.717) is 0 Å². The molecule has 1 saturated heterocycles. The summed E-state index contributed by atoms with van der Waals surface area (Å²) in [6.07, 6.45) is 0.226. The molecule has 1 aliphatic heterocycles. The number of ether oxygens (including phenoxy) is 2. The molecule has 0 unspecified atom stereocenters. The SMILES string of the molecule is Cc1cccc(Oc2ccc(Br)cc2OC2CNC2)c1. The Hall–Kier alpha value is -1.52. The van der Waals surface area contributed by atoms with E-state index in [2.05, 4.69) is 21.2 Å². The van der Waals surface area contributed by atoms with Gasteiger partial charge in [0.2, 0.25) is 0 Å². The predicted molar refractivity (Wildman–Crippen MR) is 82.7 cm³/mol. The first-order chi connectivity index (χ1) is 9.70. The van der Waals surface area contributed by atoms with Crippen LogP contribution in [-0.2, 0) is 0 Å². The Bertz CT molecular complexity index is 611. The summed E-state index contributed by atoms with van der Waals surface area (Å²) in [5, 5.41) is 3.20. The molecule has 20 heavy (non-hydrogen) atoms. The Morgan fingerprint density at radius 3 is 2.65 bits per heavy atom. The largest absolute Gasteiger partial charge is 0.484 e. The summed E-state index contributed by atoms with van der Waals surface area (Å²) in [4.78, 5) is 0. The lowest BCUT2D eigenvalue weighted by Gasteiger charge is -2.28. The summed E-state index contributed by atoms with van der Waals surface area (Å²) >= 11 is 3.47. The highest BCUT2D eigenvalue weighted by atomic mass is 79.9. The molecular formula is C16H16BrNO2. The molecule has 3 nitrogen and oxygen atoms in total. The highest BCUT2D eigenvalue weighted by Crippen LogP contribution is 2.35. The van der Waals surface area contributed by atoms with Gasteiger partial charge in [-0.05, 0) is 42.8 Å². The fourth-order valence-electron chi connectivity index (χ4n) is 1.99. The Morgan fingerprint density at radius 2 is 1.95 bits per heavy atom. The summed E-state index contributed by atoms with van der Waals surface area (Å²) < 4.78 is 12.9. The molecule has 0 radical (unpaired) electrons. The van der Waals surface area contributed by atoms with E-state index in [9.17, 15) is 0 Å². The zero-order valence-electron chi connectivity index (χ0n) is 11.2. The molecule has 0 saturated carbocycles. The van der Waals surface area contributed by atoms with Crippen LogP contribution in [0.2, 0.25) is 0 Å². The quantitative estimate of drug-likeness (QED) is 0.920. The number of nitrogens with one attached hydrogen (secondary N) is 1. The van der Waals surface area contributed by atoms with Crippen LogP contribution in [0.4, 0.5) is 0 Å². The van der Waals surface area contributed by atoms with Crippen LogP contribution in [0.25, 0.3) is 0 Å². The van der Waals surface area contributed by atoms with Crippen LogP contribution >= 0.6 is 15.9 Å².